The van der Waals surface area contributed by atoms with Crippen molar-refractivity contribution in [3.05, 3.63) is 59.9 Å². The number of sulfone groups is 1. The van der Waals surface area contributed by atoms with Crippen molar-refractivity contribution < 1.29 is 21.6 Å². The number of pyridine rings is 1. The molecule has 3 aromatic heterocycles. The van der Waals surface area contributed by atoms with Crippen LogP contribution in [0.15, 0.2) is 59.2 Å². The molecule has 0 aliphatic carbocycles. The van der Waals surface area contributed by atoms with Crippen LogP contribution < -0.4 is 9.80 Å². The Hall–Kier alpha value is -3.25. The molecule has 1 aromatic carbocycles. The second kappa shape index (κ2) is 10.1. The third-order valence-electron chi connectivity index (χ3n) is 6.85. The van der Waals surface area contributed by atoms with Crippen LogP contribution in [0.1, 0.15) is 25.3 Å². The van der Waals surface area contributed by atoms with Gasteiger partial charge in [-0.15, -0.1) is 11.3 Å². The Kier molecular flexibility index (Phi) is 7.03. The lowest BCUT2D eigenvalue weighted by Gasteiger charge is -2.39. The molecule has 7 nitrogen and oxygen atoms in total. The van der Waals surface area contributed by atoms with Crippen LogP contribution in [0.4, 0.5) is 24.8 Å². The van der Waals surface area contributed by atoms with E-state index in [9.17, 15) is 21.6 Å². The molecule has 0 atom stereocenters. The number of halogens is 3. The van der Waals surface area contributed by atoms with Gasteiger partial charge in [0.2, 0.25) is 0 Å². The molecule has 0 spiro atoms. The highest BCUT2D eigenvalue weighted by molar-refractivity contribution is 7.90. The lowest BCUT2D eigenvalue weighted by Crippen LogP contribution is -2.45. The van der Waals surface area contributed by atoms with E-state index in [4.69, 9.17) is 0 Å². The van der Waals surface area contributed by atoms with Crippen molar-refractivity contribution in [2.75, 3.05) is 35.7 Å². The van der Waals surface area contributed by atoms with Crippen LogP contribution in [-0.4, -0.2) is 55.3 Å². The fraction of sp³-hybridized carbons (Fsp3) is 0.346. The number of rotatable bonds is 6. The summed E-state index contributed by atoms with van der Waals surface area (Å²) in [5.74, 6) is 1.40. The third kappa shape index (κ3) is 5.19. The zero-order valence-electron chi connectivity index (χ0n) is 20.8. The molecule has 0 N–H and O–H groups in total. The maximum absolute atomic E-state index is 12.9. The molecule has 0 radical (unpaired) electrons. The van der Waals surface area contributed by atoms with Crippen molar-refractivity contribution in [2.24, 2.45) is 0 Å². The van der Waals surface area contributed by atoms with Crippen LogP contribution in [0.5, 0.6) is 0 Å². The predicted octanol–water partition coefficient (Wildman–Crippen LogP) is 5.67. The Morgan fingerprint density at radius 2 is 1.76 bits per heavy atom. The highest BCUT2D eigenvalue weighted by atomic mass is 32.2. The smallest absolute Gasteiger partial charge is 0.356 e. The van der Waals surface area contributed by atoms with Gasteiger partial charge in [0, 0.05) is 49.1 Å². The molecule has 1 fully saturated rings. The number of anilines is 2. The molecule has 200 valence electrons. The molecular weight excluding hydrogens is 535 g/mol. The molecule has 0 amide bonds. The monoisotopic (exact) mass is 561 g/mol. The van der Waals surface area contributed by atoms with Gasteiger partial charge in [0.1, 0.15) is 18.0 Å². The Balaban J connectivity index is 1.35. The van der Waals surface area contributed by atoms with Gasteiger partial charge >= 0.3 is 6.18 Å². The van der Waals surface area contributed by atoms with E-state index in [1.807, 2.05) is 10.3 Å². The van der Waals surface area contributed by atoms with Gasteiger partial charge in [-0.05, 0) is 49.6 Å². The van der Waals surface area contributed by atoms with Gasteiger partial charge in [-0.1, -0.05) is 12.1 Å². The Bertz CT molecular complexity index is 1530. The Labute approximate surface area is 222 Å². The van der Waals surface area contributed by atoms with Crippen molar-refractivity contribution in [2.45, 2.75) is 36.9 Å². The first-order chi connectivity index (χ1) is 18.1. The lowest BCUT2D eigenvalue weighted by molar-refractivity contribution is -0.137. The first-order valence-corrected chi connectivity index (χ1v) is 14.9. The number of aromatic nitrogens is 3. The number of nitrogens with zero attached hydrogens (tertiary/aromatic N) is 5. The lowest BCUT2D eigenvalue weighted by atomic mass is 10.0. The van der Waals surface area contributed by atoms with Crippen LogP contribution in [-0.2, 0) is 16.0 Å². The molecule has 0 saturated carbocycles. The maximum atomic E-state index is 12.9. The first-order valence-electron chi connectivity index (χ1n) is 12.1. The van der Waals surface area contributed by atoms with Crippen molar-refractivity contribution >= 4 is 43.0 Å². The number of thiophene rings is 1. The second-order valence-corrected chi connectivity index (χ2v) is 12.1. The van der Waals surface area contributed by atoms with Gasteiger partial charge in [-0.3, -0.25) is 0 Å². The number of benzene rings is 1. The first kappa shape index (κ1) is 26.4. The summed E-state index contributed by atoms with van der Waals surface area (Å²) in [5, 5.41) is 2.02. The van der Waals surface area contributed by atoms with E-state index >= 15 is 0 Å². The van der Waals surface area contributed by atoms with E-state index in [-0.39, 0.29) is 10.9 Å². The second-order valence-electron chi connectivity index (χ2n) is 9.23. The summed E-state index contributed by atoms with van der Waals surface area (Å²) in [4.78, 5) is 17.8. The van der Waals surface area contributed by atoms with Crippen molar-refractivity contribution in [1.29, 1.82) is 0 Å². The summed E-state index contributed by atoms with van der Waals surface area (Å²) in [6, 6.07) is 9.52. The molecular formula is C26H26F3N5O2S2. The molecule has 0 unspecified atom stereocenters. The fourth-order valence-electron chi connectivity index (χ4n) is 4.86. The van der Waals surface area contributed by atoms with Gasteiger partial charge in [0.05, 0.1) is 20.7 Å². The quantitative estimate of drug-likeness (QED) is 0.300. The van der Waals surface area contributed by atoms with Gasteiger partial charge in [-0.25, -0.2) is 23.4 Å². The molecule has 1 aliphatic rings. The molecule has 4 heterocycles. The largest absolute Gasteiger partial charge is 0.417 e. The summed E-state index contributed by atoms with van der Waals surface area (Å²) >= 11 is 1.56. The van der Waals surface area contributed by atoms with E-state index < -0.39 is 21.6 Å². The van der Waals surface area contributed by atoms with E-state index in [2.05, 4.69) is 26.8 Å². The summed E-state index contributed by atoms with van der Waals surface area (Å²) in [6.07, 6.45) is 0.860. The van der Waals surface area contributed by atoms with Crippen molar-refractivity contribution in [1.82, 2.24) is 15.0 Å². The minimum Gasteiger partial charge on any atom is -0.356 e. The van der Waals surface area contributed by atoms with Gasteiger partial charge < -0.3 is 9.80 Å². The predicted molar refractivity (Wildman–Crippen MR) is 143 cm³/mol. The summed E-state index contributed by atoms with van der Waals surface area (Å²) in [7, 11) is -3.28. The average Bonchev–Trinajstić information content (AvgIpc) is 3.34. The van der Waals surface area contributed by atoms with Crippen LogP contribution in [0.2, 0.25) is 0 Å². The van der Waals surface area contributed by atoms with E-state index in [1.54, 1.807) is 41.9 Å². The topological polar surface area (TPSA) is 79.3 Å². The molecule has 5 rings (SSSR count). The maximum Gasteiger partial charge on any atom is 0.417 e. The van der Waals surface area contributed by atoms with Gasteiger partial charge in [-0.2, -0.15) is 13.2 Å². The number of alkyl halides is 3. The summed E-state index contributed by atoms with van der Waals surface area (Å²) < 4.78 is 63.2. The number of hydrogen-bond donors (Lipinski definition) is 0. The minimum absolute atomic E-state index is 0.211. The van der Waals surface area contributed by atoms with Gasteiger partial charge in [0.25, 0.3) is 0 Å². The third-order valence-corrected chi connectivity index (χ3v) is 8.94. The average molecular weight is 562 g/mol. The standard InChI is InChI=1S/C26H26F3N5O2S2/c1-3-34(19-10-12-33(13-11-19)22-9-6-18(14-30-22)26(27,28)29)25-24-23(31-16-32-25)21(15-37-24)17-4-7-20(8-5-17)38(2,35)36/h4-9,14-16,19H,3,10-13H2,1-2H3. The molecule has 12 heteroatoms. The fourth-order valence-corrected chi connectivity index (χ4v) is 6.52. The molecule has 4 aromatic rings. The van der Waals surface area contributed by atoms with Crippen molar-refractivity contribution in [3.8, 4) is 11.1 Å². The van der Waals surface area contributed by atoms with E-state index in [0.29, 0.717) is 18.9 Å². The van der Waals surface area contributed by atoms with Crippen LogP contribution in [0.25, 0.3) is 21.3 Å². The van der Waals surface area contributed by atoms with E-state index in [0.717, 1.165) is 58.8 Å². The Morgan fingerprint density at radius 1 is 1.05 bits per heavy atom. The van der Waals surface area contributed by atoms with Crippen molar-refractivity contribution in [3.63, 3.8) is 0 Å². The Morgan fingerprint density at radius 3 is 2.34 bits per heavy atom. The zero-order chi connectivity index (χ0) is 27.1. The summed E-state index contributed by atoms with van der Waals surface area (Å²) in [6.45, 7) is 4.17. The molecule has 38 heavy (non-hydrogen) atoms. The minimum atomic E-state index is -4.40. The molecule has 1 saturated heterocycles. The number of piperidine rings is 1. The molecule has 0 bridgehead atoms. The highest BCUT2D eigenvalue weighted by Crippen LogP contribution is 2.38. The number of fused-ring (bicyclic) bond motifs is 1. The van der Waals surface area contributed by atoms with Crippen LogP contribution >= 0.6 is 11.3 Å². The normalized spacial score (nSPS) is 15.2. The highest BCUT2D eigenvalue weighted by Gasteiger charge is 2.32. The van der Waals surface area contributed by atoms with Gasteiger partial charge in [0.15, 0.2) is 9.84 Å². The zero-order valence-corrected chi connectivity index (χ0v) is 22.4. The van der Waals surface area contributed by atoms with E-state index in [1.165, 1.54) is 12.3 Å². The molecule has 1 aliphatic heterocycles. The number of hydrogen-bond acceptors (Lipinski definition) is 8. The van der Waals surface area contributed by atoms with Crippen LogP contribution in [0.3, 0.4) is 0 Å². The van der Waals surface area contributed by atoms with Crippen LogP contribution in [0, 0.1) is 0 Å². The summed E-state index contributed by atoms with van der Waals surface area (Å²) in [5.41, 5.74) is 1.88. The SMILES string of the molecule is CCN(c1ncnc2c(-c3ccc(S(C)(=O)=O)cc3)csc12)C1CCN(c2ccc(C(F)(F)F)cn2)CC1.